The molecule has 1 heterocycles. The van der Waals surface area contributed by atoms with Crippen molar-refractivity contribution in [2.24, 2.45) is 0 Å². The van der Waals surface area contributed by atoms with Gasteiger partial charge in [0.2, 0.25) is 0 Å². The predicted octanol–water partition coefficient (Wildman–Crippen LogP) is 2.10. The Bertz CT molecular complexity index is 1290. The van der Waals surface area contributed by atoms with Gasteiger partial charge in [-0.15, -0.1) is 0 Å². The standard InChI is InChI=1S/C22H25FN2O7S/c1-14-17-7-6-16(31-11-9-26)13-20(17)32-22(27)18(14)12-15-4-3-5-19(21(15)23)25-33(28,29)24-8-10-30-2/h3-7,13,24-26H,8-12H2,1-2H3. The first kappa shape index (κ1) is 24.6. The van der Waals surface area contributed by atoms with Crippen molar-refractivity contribution in [2.75, 3.05) is 38.2 Å². The molecule has 0 saturated carbocycles. The van der Waals surface area contributed by atoms with Crippen LogP contribution in [0.1, 0.15) is 16.7 Å². The number of nitrogens with one attached hydrogen (secondary N) is 2. The van der Waals surface area contributed by atoms with Crippen LogP contribution in [0.15, 0.2) is 45.6 Å². The molecule has 3 N–H and O–H groups in total. The summed E-state index contributed by atoms with van der Waals surface area (Å²) in [7, 11) is -2.57. The normalized spacial score (nSPS) is 11.6. The number of methoxy groups -OCH3 is 1. The van der Waals surface area contributed by atoms with Crippen molar-refractivity contribution in [1.29, 1.82) is 0 Å². The number of aryl methyl sites for hydroxylation is 1. The zero-order chi connectivity index (χ0) is 24.0. The number of hydrogen-bond donors (Lipinski definition) is 3. The van der Waals surface area contributed by atoms with Gasteiger partial charge in [0, 0.05) is 37.1 Å². The van der Waals surface area contributed by atoms with E-state index in [0.29, 0.717) is 22.3 Å². The van der Waals surface area contributed by atoms with Gasteiger partial charge in [-0.3, -0.25) is 4.72 Å². The average molecular weight is 481 g/mol. The summed E-state index contributed by atoms with van der Waals surface area (Å²) in [6, 6.07) is 9.21. The fraction of sp³-hybridized carbons (Fsp3) is 0.318. The number of aliphatic hydroxyl groups excluding tert-OH is 1. The van der Waals surface area contributed by atoms with Crippen molar-refractivity contribution in [1.82, 2.24) is 4.72 Å². The number of halogens is 1. The number of rotatable bonds is 11. The molecule has 1 aromatic heterocycles. The highest BCUT2D eigenvalue weighted by Crippen LogP contribution is 2.27. The molecule has 0 saturated heterocycles. The topological polar surface area (TPSA) is 127 Å². The quantitative estimate of drug-likeness (QED) is 0.283. The van der Waals surface area contributed by atoms with Gasteiger partial charge in [0.15, 0.2) is 5.82 Å². The molecule has 2 aromatic carbocycles. The lowest BCUT2D eigenvalue weighted by atomic mass is 9.99. The molecular weight excluding hydrogens is 455 g/mol. The van der Waals surface area contributed by atoms with E-state index in [9.17, 15) is 13.2 Å². The Morgan fingerprint density at radius 2 is 1.97 bits per heavy atom. The fourth-order valence-corrected chi connectivity index (χ4v) is 4.15. The molecule has 0 fully saturated rings. The molecule has 0 bridgehead atoms. The monoisotopic (exact) mass is 480 g/mol. The molecular formula is C22H25FN2O7S. The molecule has 0 atom stereocenters. The Hall–Kier alpha value is -2.99. The van der Waals surface area contributed by atoms with Gasteiger partial charge in [-0.25, -0.2) is 9.18 Å². The second-order valence-corrected chi connectivity index (χ2v) is 8.67. The van der Waals surface area contributed by atoms with E-state index in [-0.39, 0.29) is 49.6 Å². The minimum absolute atomic E-state index is 0.0250. The van der Waals surface area contributed by atoms with Gasteiger partial charge in [-0.1, -0.05) is 12.1 Å². The number of anilines is 1. The highest BCUT2D eigenvalue weighted by Gasteiger charge is 2.18. The SMILES string of the molecule is COCCNS(=O)(=O)Nc1cccc(Cc2c(C)c3ccc(OCCO)cc3oc2=O)c1F. The van der Waals surface area contributed by atoms with Crippen LogP contribution in [0.3, 0.4) is 0 Å². The Balaban J connectivity index is 1.89. The van der Waals surface area contributed by atoms with Gasteiger partial charge >= 0.3 is 5.63 Å². The maximum Gasteiger partial charge on any atom is 0.340 e. The molecule has 3 aromatic rings. The van der Waals surface area contributed by atoms with E-state index in [0.717, 1.165) is 0 Å². The lowest BCUT2D eigenvalue weighted by molar-refractivity contribution is 0.201. The Kier molecular flexibility index (Phi) is 8.03. The molecule has 3 rings (SSSR count). The van der Waals surface area contributed by atoms with Crippen molar-refractivity contribution in [2.45, 2.75) is 13.3 Å². The van der Waals surface area contributed by atoms with Crippen molar-refractivity contribution < 1.29 is 31.8 Å². The van der Waals surface area contributed by atoms with Gasteiger partial charge < -0.3 is 19.0 Å². The average Bonchev–Trinajstić information content (AvgIpc) is 2.77. The van der Waals surface area contributed by atoms with Crippen LogP contribution in [0.25, 0.3) is 11.0 Å². The van der Waals surface area contributed by atoms with E-state index in [4.69, 9.17) is 19.0 Å². The van der Waals surface area contributed by atoms with Crippen molar-refractivity contribution >= 4 is 26.9 Å². The van der Waals surface area contributed by atoms with Crippen LogP contribution in [0.5, 0.6) is 5.75 Å². The minimum atomic E-state index is -4.00. The summed E-state index contributed by atoms with van der Waals surface area (Å²) in [5.74, 6) is -0.349. The van der Waals surface area contributed by atoms with E-state index >= 15 is 4.39 Å². The number of benzene rings is 2. The Morgan fingerprint density at radius 1 is 1.18 bits per heavy atom. The number of ether oxygens (including phenoxy) is 2. The van der Waals surface area contributed by atoms with Crippen LogP contribution in [0.2, 0.25) is 0 Å². The fourth-order valence-electron chi connectivity index (χ4n) is 3.28. The molecule has 11 heteroatoms. The molecule has 0 radical (unpaired) electrons. The summed E-state index contributed by atoms with van der Waals surface area (Å²) < 4.78 is 59.2. The van der Waals surface area contributed by atoms with Crippen LogP contribution in [0.4, 0.5) is 10.1 Å². The molecule has 0 aliphatic rings. The van der Waals surface area contributed by atoms with E-state index in [2.05, 4.69) is 9.44 Å². The van der Waals surface area contributed by atoms with Gasteiger partial charge in [0.05, 0.1) is 18.9 Å². The first-order valence-corrected chi connectivity index (χ1v) is 11.6. The van der Waals surface area contributed by atoms with Crippen LogP contribution in [0, 0.1) is 12.7 Å². The van der Waals surface area contributed by atoms with Gasteiger partial charge in [0.25, 0.3) is 10.2 Å². The van der Waals surface area contributed by atoms with Crippen molar-refractivity contribution in [3.8, 4) is 5.75 Å². The third kappa shape index (κ3) is 6.08. The summed E-state index contributed by atoms with van der Waals surface area (Å²) >= 11 is 0. The Morgan fingerprint density at radius 3 is 2.70 bits per heavy atom. The Labute approximate surface area is 190 Å². The summed E-state index contributed by atoms with van der Waals surface area (Å²) in [6.07, 6.45) is -0.0919. The zero-order valence-corrected chi connectivity index (χ0v) is 19.0. The molecule has 0 spiro atoms. The molecule has 0 amide bonds. The maximum atomic E-state index is 15.1. The number of aliphatic hydroxyl groups is 1. The molecule has 0 aliphatic carbocycles. The minimum Gasteiger partial charge on any atom is -0.491 e. The van der Waals surface area contributed by atoms with Crippen LogP contribution < -0.4 is 19.8 Å². The highest BCUT2D eigenvalue weighted by molar-refractivity contribution is 7.90. The third-order valence-corrected chi connectivity index (χ3v) is 5.98. The van der Waals surface area contributed by atoms with E-state index in [1.807, 2.05) is 0 Å². The zero-order valence-electron chi connectivity index (χ0n) is 18.2. The lowest BCUT2D eigenvalue weighted by Gasteiger charge is -2.13. The maximum absolute atomic E-state index is 15.1. The molecule has 33 heavy (non-hydrogen) atoms. The summed E-state index contributed by atoms with van der Waals surface area (Å²) in [4.78, 5) is 12.7. The van der Waals surface area contributed by atoms with Crippen LogP contribution >= 0.6 is 0 Å². The van der Waals surface area contributed by atoms with Crippen molar-refractivity contribution in [3.05, 3.63) is 69.3 Å². The van der Waals surface area contributed by atoms with Gasteiger partial charge in [-0.05, 0) is 36.2 Å². The second-order valence-electron chi connectivity index (χ2n) is 7.17. The largest absolute Gasteiger partial charge is 0.491 e. The third-order valence-electron chi connectivity index (χ3n) is 4.91. The number of hydrogen-bond acceptors (Lipinski definition) is 7. The van der Waals surface area contributed by atoms with E-state index in [1.165, 1.54) is 25.3 Å². The molecule has 178 valence electrons. The summed E-state index contributed by atoms with van der Waals surface area (Å²) in [5, 5.41) is 9.54. The molecule has 9 nitrogen and oxygen atoms in total. The molecule has 0 unspecified atom stereocenters. The van der Waals surface area contributed by atoms with Crippen molar-refractivity contribution in [3.63, 3.8) is 0 Å². The smallest absolute Gasteiger partial charge is 0.340 e. The first-order chi connectivity index (χ1) is 15.8. The van der Waals surface area contributed by atoms with Crippen LogP contribution in [-0.4, -0.2) is 47.0 Å². The van der Waals surface area contributed by atoms with E-state index < -0.39 is 21.7 Å². The highest BCUT2D eigenvalue weighted by atomic mass is 32.2. The second kappa shape index (κ2) is 10.8. The predicted molar refractivity (Wildman–Crippen MR) is 121 cm³/mol. The molecule has 0 aliphatic heterocycles. The van der Waals surface area contributed by atoms with Gasteiger partial charge in [0.1, 0.15) is 17.9 Å². The van der Waals surface area contributed by atoms with Crippen LogP contribution in [-0.2, 0) is 21.4 Å². The lowest BCUT2D eigenvalue weighted by Crippen LogP contribution is -2.33. The van der Waals surface area contributed by atoms with E-state index in [1.54, 1.807) is 25.1 Å². The summed E-state index contributed by atoms with van der Waals surface area (Å²) in [5.41, 5.74) is 0.424. The number of fused-ring (bicyclic) bond motifs is 1. The first-order valence-electron chi connectivity index (χ1n) is 10.1. The van der Waals surface area contributed by atoms with Gasteiger partial charge in [-0.2, -0.15) is 13.1 Å². The summed E-state index contributed by atoms with van der Waals surface area (Å²) in [6.45, 7) is 1.87.